The molecule has 1 heterocycles. The third-order valence-corrected chi connectivity index (χ3v) is 2.79. The summed E-state index contributed by atoms with van der Waals surface area (Å²) in [5.41, 5.74) is 0.540. The predicted molar refractivity (Wildman–Crippen MR) is 66.9 cm³/mol. The molecule has 1 aromatic carbocycles. The van der Waals surface area contributed by atoms with Gasteiger partial charge in [-0.05, 0) is 23.8 Å². The fourth-order valence-electron chi connectivity index (χ4n) is 1.78. The van der Waals surface area contributed by atoms with Crippen molar-refractivity contribution in [3.8, 4) is 5.75 Å². The number of hydrogen-bond donors (Lipinski definition) is 0. The summed E-state index contributed by atoms with van der Waals surface area (Å²) < 4.78 is 43.4. The largest absolute Gasteiger partial charge is 0.497 e. The SMILES string of the molecule is COc1ccc(Cn2ccc(C(=O)C(F)(F)F)c2)cc1. The van der Waals surface area contributed by atoms with Crippen LogP contribution in [-0.4, -0.2) is 23.6 Å². The molecule has 0 atom stereocenters. The van der Waals surface area contributed by atoms with Crippen LogP contribution in [0.3, 0.4) is 0 Å². The Labute approximate surface area is 113 Å². The summed E-state index contributed by atoms with van der Waals surface area (Å²) in [7, 11) is 1.55. The van der Waals surface area contributed by atoms with Crippen molar-refractivity contribution in [2.24, 2.45) is 0 Å². The van der Waals surface area contributed by atoms with Gasteiger partial charge in [-0.1, -0.05) is 12.1 Å². The van der Waals surface area contributed by atoms with Crippen molar-refractivity contribution in [2.75, 3.05) is 7.11 Å². The van der Waals surface area contributed by atoms with E-state index in [2.05, 4.69) is 0 Å². The van der Waals surface area contributed by atoms with Gasteiger partial charge in [0.25, 0.3) is 5.78 Å². The summed E-state index contributed by atoms with van der Waals surface area (Å²) in [6, 6.07) is 8.31. The molecule has 0 unspecified atom stereocenters. The molecule has 20 heavy (non-hydrogen) atoms. The van der Waals surface area contributed by atoms with Gasteiger partial charge in [-0.2, -0.15) is 13.2 Å². The first-order chi connectivity index (χ1) is 9.40. The van der Waals surface area contributed by atoms with Crippen molar-refractivity contribution in [3.63, 3.8) is 0 Å². The van der Waals surface area contributed by atoms with E-state index in [0.29, 0.717) is 12.3 Å². The molecule has 1 aromatic heterocycles. The number of hydrogen-bond acceptors (Lipinski definition) is 2. The van der Waals surface area contributed by atoms with Crippen LogP contribution in [0.2, 0.25) is 0 Å². The number of aromatic nitrogens is 1. The smallest absolute Gasteiger partial charge is 0.454 e. The van der Waals surface area contributed by atoms with Gasteiger partial charge in [0.05, 0.1) is 7.11 Å². The standard InChI is InChI=1S/C14H12F3NO2/c1-20-12-4-2-10(3-5-12)8-18-7-6-11(9-18)13(19)14(15,16)17/h2-7,9H,8H2,1H3. The summed E-state index contributed by atoms with van der Waals surface area (Å²) in [5, 5.41) is 0. The number of Topliss-reactive ketones (excluding diaryl/α,β-unsaturated/α-hetero) is 1. The minimum absolute atomic E-state index is 0.356. The summed E-state index contributed by atoms with van der Waals surface area (Å²) in [6.45, 7) is 0.384. The minimum atomic E-state index is -4.84. The highest BCUT2D eigenvalue weighted by Gasteiger charge is 2.39. The molecule has 0 amide bonds. The molecule has 106 valence electrons. The number of benzene rings is 1. The number of carbonyl (C=O) groups is 1. The molecule has 2 aromatic rings. The summed E-state index contributed by atoms with van der Waals surface area (Å²) in [6.07, 6.45) is -2.20. The van der Waals surface area contributed by atoms with Gasteiger partial charge in [0.15, 0.2) is 0 Å². The lowest BCUT2D eigenvalue weighted by molar-refractivity contribution is -0.0885. The van der Waals surface area contributed by atoms with Crippen LogP contribution in [0.1, 0.15) is 15.9 Å². The van der Waals surface area contributed by atoms with Crippen molar-refractivity contribution in [2.45, 2.75) is 12.7 Å². The number of nitrogens with zero attached hydrogens (tertiary/aromatic N) is 1. The Morgan fingerprint density at radius 2 is 1.85 bits per heavy atom. The van der Waals surface area contributed by atoms with E-state index in [0.717, 1.165) is 5.56 Å². The molecule has 0 N–H and O–H groups in total. The van der Waals surface area contributed by atoms with Crippen molar-refractivity contribution >= 4 is 5.78 Å². The molecule has 0 saturated heterocycles. The first kappa shape index (κ1) is 14.2. The lowest BCUT2D eigenvalue weighted by Crippen LogP contribution is -2.22. The third kappa shape index (κ3) is 3.20. The highest BCUT2D eigenvalue weighted by Crippen LogP contribution is 2.22. The molecule has 0 spiro atoms. The van der Waals surface area contributed by atoms with Crippen molar-refractivity contribution in [1.29, 1.82) is 0 Å². The molecular formula is C14H12F3NO2. The van der Waals surface area contributed by atoms with E-state index < -0.39 is 12.0 Å². The number of alkyl halides is 3. The first-order valence-corrected chi connectivity index (χ1v) is 5.80. The molecule has 0 fully saturated rings. The second kappa shape index (κ2) is 5.40. The van der Waals surface area contributed by atoms with E-state index in [9.17, 15) is 18.0 Å². The zero-order chi connectivity index (χ0) is 14.8. The molecule has 0 aliphatic rings. The Kier molecular flexibility index (Phi) is 3.83. The maximum absolute atomic E-state index is 12.3. The van der Waals surface area contributed by atoms with E-state index in [1.165, 1.54) is 23.0 Å². The highest BCUT2D eigenvalue weighted by atomic mass is 19.4. The Morgan fingerprint density at radius 1 is 1.20 bits per heavy atom. The van der Waals surface area contributed by atoms with Gasteiger partial charge in [0.1, 0.15) is 5.75 Å². The Morgan fingerprint density at radius 3 is 2.40 bits per heavy atom. The monoisotopic (exact) mass is 283 g/mol. The van der Waals surface area contributed by atoms with Gasteiger partial charge in [0, 0.05) is 24.5 Å². The zero-order valence-electron chi connectivity index (χ0n) is 10.6. The van der Waals surface area contributed by atoms with Gasteiger partial charge in [-0.15, -0.1) is 0 Å². The van der Waals surface area contributed by atoms with Gasteiger partial charge in [-0.3, -0.25) is 4.79 Å². The van der Waals surface area contributed by atoms with Crippen LogP contribution >= 0.6 is 0 Å². The predicted octanol–water partition coefficient (Wildman–Crippen LogP) is 3.29. The number of carbonyl (C=O) groups excluding carboxylic acids is 1. The molecule has 0 aliphatic heterocycles. The quantitative estimate of drug-likeness (QED) is 0.806. The minimum Gasteiger partial charge on any atom is -0.497 e. The number of methoxy groups -OCH3 is 1. The van der Waals surface area contributed by atoms with Crippen LogP contribution in [0.15, 0.2) is 42.7 Å². The molecule has 2 rings (SSSR count). The average Bonchev–Trinajstić information content (AvgIpc) is 2.86. The Hall–Kier alpha value is -2.24. The fraction of sp³-hybridized carbons (Fsp3) is 0.214. The molecule has 0 bridgehead atoms. The molecule has 0 radical (unpaired) electrons. The van der Waals surface area contributed by atoms with E-state index in [-0.39, 0.29) is 5.56 Å². The molecular weight excluding hydrogens is 271 g/mol. The Bertz CT molecular complexity index is 600. The van der Waals surface area contributed by atoms with Crippen LogP contribution in [-0.2, 0) is 6.54 Å². The highest BCUT2D eigenvalue weighted by molar-refractivity contribution is 6.00. The normalized spacial score (nSPS) is 11.4. The van der Waals surface area contributed by atoms with Crippen molar-refractivity contribution < 1.29 is 22.7 Å². The van der Waals surface area contributed by atoms with E-state index in [4.69, 9.17) is 4.74 Å². The van der Waals surface area contributed by atoms with Crippen LogP contribution in [0, 0.1) is 0 Å². The Balaban J connectivity index is 2.11. The van der Waals surface area contributed by atoms with Crippen LogP contribution in [0.5, 0.6) is 5.75 Å². The van der Waals surface area contributed by atoms with Gasteiger partial charge >= 0.3 is 6.18 Å². The third-order valence-electron chi connectivity index (χ3n) is 2.79. The fourth-order valence-corrected chi connectivity index (χ4v) is 1.78. The van der Waals surface area contributed by atoms with E-state index in [1.807, 2.05) is 12.1 Å². The van der Waals surface area contributed by atoms with Gasteiger partial charge in [-0.25, -0.2) is 0 Å². The lowest BCUT2D eigenvalue weighted by Gasteiger charge is -2.05. The van der Waals surface area contributed by atoms with Crippen LogP contribution in [0.25, 0.3) is 0 Å². The van der Waals surface area contributed by atoms with Crippen LogP contribution in [0.4, 0.5) is 13.2 Å². The topological polar surface area (TPSA) is 31.2 Å². The van der Waals surface area contributed by atoms with Crippen LogP contribution < -0.4 is 4.74 Å². The van der Waals surface area contributed by atoms with Crippen molar-refractivity contribution in [3.05, 3.63) is 53.9 Å². The number of halogens is 3. The molecule has 0 saturated carbocycles. The van der Waals surface area contributed by atoms with Crippen molar-refractivity contribution in [1.82, 2.24) is 4.57 Å². The molecule has 0 aliphatic carbocycles. The number of rotatable bonds is 4. The maximum Gasteiger partial charge on any atom is 0.454 e. The zero-order valence-corrected chi connectivity index (χ0v) is 10.6. The second-order valence-corrected chi connectivity index (χ2v) is 4.25. The number of ketones is 1. The maximum atomic E-state index is 12.3. The summed E-state index contributed by atoms with van der Waals surface area (Å²) in [5.74, 6) is -1.12. The number of ether oxygens (including phenoxy) is 1. The second-order valence-electron chi connectivity index (χ2n) is 4.25. The lowest BCUT2D eigenvalue weighted by atomic mass is 10.2. The van der Waals surface area contributed by atoms with E-state index in [1.54, 1.807) is 19.2 Å². The first-order valence-electron chi connectivity index (χ1n) is 5.80. The molecule has 3 nitrogen and oxygen atoms in total. The van der Waals surface area contributed by atoms with Gasteiger partial charge in [0.2, 0.25) is 0 Å². The van der Waals surface area contributed by atoms with Gasteiger partial charge < -0.3 is 9.30 Å². The van der Waals surface area contributed by atoms with E-state index >= 15 is 0 Å². The summed E-state index contributed by atoms with van der Waals surface area (Å²) in [4.78, 5) is 11.1. The average molecular weight is 283 g/mol. The molecule has 6 heteroatoms. The summed E-state index contributed by atoms with van der Waals surface area (Å²) >= 11 is 0.